The van der Waals surface area contributed by atoms with E-state index in [9.17, 15) is 9.50 Å². The minimum Gasteiger partial charge on any atom is -0.505 e. The smallest absolute Gasteiger partial charge is 0.165 e. The average molecular weight is 273 g/mol. The minimum absolute atomic E-state index is 0.254. The summed E-state index contributed by atoms with van der Waals surface area (Å²) in [7, 11) is 0. The predicted molar refractivity (Wildman–Crippen MR) is 79.1 cm³/mol. The molecule has 2 N–H and O–H groups in total. The first-order valence-corrected chi connectivity index (χ1v) is 6.90. The molecule has 2 nitrogen and oxygen atoms in total. The standard InChI is InChI=1S/C17H20FNO/c1-13(10-11-14-6-3-2-4-7-14)19-12-15-8-5-9-16(18)17(15)20/h2-9,13,19-20H,10-12H2,1H3. The van der Waals surface area contributed by atoms with E-state index in [1.165, 1.54) is 11.6 Å². The molecule has 2 aromatic rings. The van der Waals surface area contributed by atoms with Crippen molar-refractivity contribution >= 4 is 0 Å². The molecule has 106 valence electrons. The van der Waals surface area contributed by atoms with Crippen molar-refractivity contribution in [3.05, 3.63) is 65.5 Å². The number of phenols is 1. The zero-order valence-corrected chi connectivity index (χ0v) is 11.6. The Morgan fingerprint density at radius 2 is 1.85 bits per heavy atom. The summed E-state index contributed by atoms with van der Waals surface area (Å²) in [5, 5.41) is 12.9. The summed E-state index contributed by atoms with van der Waals surface area (Å²) in [6, 6.07) is 15.2. The summed E-state index contributed by atoms with van der Waals surface area (Å²) in [6.45, 7) is 2.57. The van der Waals surface area contributed by atoms with Gasteiger partial charge in [-0.25, -0.2) is 4.39 Å². The molecule has 0 fully saturated rings. The van der Waals surface area contributed by atoms with E-state index < -0.39 is 5.82 Å². The molecule has 0 aliphatic rings. The van der Waals surface area contributed by atoms with E-state index in [1.54, 1.807) is 12.1 Å². The summed E-state index contributed by atoms with van der Waals surface area (Å²) < 4.78 is 13.2. The maximum absolute atomic E-state index is 13.2. The van der Waals surface area contributed by atoms with Gasteiger partial charge < -0.3 is 10.4 Å². The third kappa shape index (κ3) is 4.07. The van der Waals surface area contributed by atoms with Gasteiger partial charge in [0.1, 0.15) is 0 Å². The average Bonchev–Trinajstić information content (AvgIpc) is 2.48. The van der Waals surface area contributed by atoms with Gasteiger partial charge in [-0.15, -0.1) is 0 Å². The van der Waals surface area contributed by atoms with Crippen molar-refractivity contribution in [2.75, 3.05) is 0 Å². The first-order valence-electron chi connectivity index (χ1n) is 6.90. The van der Waals surface area contributed by atoms with Gasteiger partial charge in [-0.3, -0.25) is 0 Å². The number of phenolic OH excluding ortho intramolecular Hbond substituents is 1. The summed E-state index contributed by atoms with van der Waals surface area (Å²) in [5.41, 5.74) is 1.91. The third-order valence-electron chi connectivity index (χ3n) is 3.42. The van der Waals surface area contributed by atoms with Gasteiger partial charge in [-0.1, -0.05) is 42.5 Å². The Bertz CT molecular complexity index is 542. The van der Waals surface area contributed by atoms with Crippen molar-refractivity contribution in [3.63, 3.8) is 0 Å². The lowest BCUT2D eigenvalue weighted by atomic mass is 10.1. The van der Waals surface area contributed by atoms with Gasteiger partial charge in [0.05, 0.1) is 0 Å². The van der Waals surface area contributed by atoms with Crippen molar-refractivity contribution in [2.45, 2.75) is 32.4 Å². The van der Waals surface area contributed by atoms with E-state index in [-0.39, 0.29) is 5.75 Å². The highest BCUT2D eigenvalue weighted by Crippen LogP contribution is 2.20. The molecule has 2 aromatic carbocycles. The number of benzene rings is 2. The summed E-state index contributed by atoms with van der Waals surface area (Å²) >= 11 is 0. The van der Waals surface area contributed by atoms with Crippen LogP contribution in [0.1, 0.15) is 24.5 Å². The molecule has 20 heavy (non-hydrogen) atoms. The fraction of sp³-hybridized carbons (Fsp3) is 0.294. The van der Waals surface area contributed by atoms with Crippen molar-refractivity contribution in [1.29, 1.82) is 0 Å². The fourth-order valence-electron chi connectivity index (χ4n) is 2.12. The van der Waals surface area contributed by atoms with E-state index in [0.29, 0.717) is 18.2 Å². The number of hydrogen-bond donors (Lipinski definition) is 2. The van der Waals surface area contributed by atoms with Crippen molar-refractivity contribution in [3.8, 4) is 5.75 Å². The quantitative estimate of drug-likeness (QED) is 0.842. The number of nitrogens with one attached hydrogen (secondary N) is 1. The molecule has 0 amide bonds. The molecule has 0 aliphatic carbocycles. The number of halogens is 1. The number of hydrogen-bond acceptors (Lipinski definition) is 2. The molecule has 0 spiro atoms. The van der Waals surface area contributed by atoms with Gasteiger partial charge in [0.15, 0.2) is 11.6 Å². The lowest BCUT2D eigenvalue weighted by Gasteiger charge is -2.14. The number of aromatic hydroxyl groups is 1. The molecular weight excluding hydrogens is 253 g/mol. The molecule has 0 bridgehead atoms. The SMILES string of the molecule is CC(CCc1ccccc1)NCc1cccc(F)c1O. The topological polar surface area (TPSA) is 32.3 Å². The highest BCUT2D eigenvalue weighted by molar-refractivity contribution is 5.33. The van der Waals surface area contributed by atoms with Gasteiger partial charge >= 0.3 is 0 Å². The zero-order chi connectivity index (χ0) is 14.4. The van der Waals surface area contributed by atoms with Gasteiger partial charge in [0.2, 0.25) is 0 Å². The van der Waals surface area contributed by atoms with Crippen LogP contribution in [-0.2, 0) is 13.0 Å². The first-order chi connectivity index (χ1) is 9.66. The monoisotopic (exact) mass is 273 g/mol. The Labute approximate surface area is 119 Å². The second kappa shape index (κ2) is 7.06. The van der Waals surface area contributed by atoms with Gasteiger partial charge in [0, 0.05) is 18.2 Å². The van der Waals surface area contributed by atoms with Crippen LogP contribution in [0.5, 0.6) is 5.75 Å². The van der Waals surface area contributed by atoms with Crippen LogP contribution in [0, 0.1) is 5.82 Å². The van der Waals surface area contributed by atoms with E-state index in [4.69, 9.17) is 0 Å². The van der Waals surface area contributed by atoms with Crippen LogP contribution < -0.4 is 5.32 Å². The predicted octanol–water partition coefficient (Wildman–Crippen LogP) is 3.64. The maximum atomic E-state index is 13.2. The Hall–Kier alpha value is -1.87. The normalized spacial score (nSPS) is 12.3. The largest absolute Gasteiger partial charge is 0.505 e. The second-order valence-electron chi connectivity index (χ2n) is 5.05. The molecule has 0 aliphatic heterocycles. The molecule has 0 aromatic heterocycles. The van der Waals surface area contributed by atoms with Crippen LogP contribution in [-0.4, -0.2) is 11.1 Å². The van der Waals surface area contributed by atoms with Gasteiger partial charge in [-0.05, 0) is 31.4 Å². The van der Waals surface area contributed by atoms with Crippen molar-refractivity contribution in [1.82, 2.24) is 5.32 Å². The van der Waals surface area contributed by atoms with Crippen LogP contribution in [0.25, 0.3) is 0 Å². The second-order valence-corrected chi connectivity index (χ2v) is 5.05. The summed E-state index contributed by atoms with van der Waals surface area (Å²) in [4.78, 5) is 0. The Morgan fingerprint density at radius 3 is 2.60 bits per heavy atom. The number of aryl methyl sites for hydroxylation is 1. The molecule has 0 radical (unpaired) electrons. The number of para-hydroxylation sites is 1. The lowest BCUT2D eigenvalue weighted by molar-refractivity contribution is 0.418. The number of rotatable bonds is 6. The van der Waals surface area contributed by atoms with Crippen LogP contribution in [0.15, 0.2) is 48.5 Å². The van der Waals surface area contributed by atoms with Gasteiger partial charge in [-0.2, -0.15) is 0 Å². The molecule has 1 unspecified atom stereocenters. The Kier molecular flexibility index (Phi) is 5.13. The van der Waals surface area contributed by atoms with Crippen molar-refractivity contribution in [2.24, 2.45) is 0 Å². The van der Waals surface area contributed by atoms with Gasteiger partial charge in [0.25, 0.3) is 0 Å². The van der Waals surface area contributed by atoms with E-state index in [2.05, 4.69) is 24.4 Å². The van der Waals surface area contributed by atoms with Crippen molar-refractivity contribution < 1.29 is 9.50 Å². The maximum Gasteiger partial charge on any atom is 0.165 e. The summed E-state index contributed by atoms with van der Waals surface area (Å²) in [6.07, 6.45) is 2.00. The molecule has 3 heteroatoms. The highest BCUT2D eigenvalue weighted by Gasteiger charge is 2.08. The molecule has 0 saturated heterocycles. The van der Waals surface area contributed by atoms with E-state index in [0.717, 1.165) is 12.8 Å². The molecular formula is C17H20FNO. The molecule has 2 rings (SSSR count). The summed E-state index contributed by atoms with van der Waals surface area (Å²) in [5.74, 6) is -0.823. The lowest BCUT2D eigenvalue weighted by Crippen LogP contribution is -2.26. The molecule has 0 heterocycles. The molecule has 0 saturated carbocycles. The van der Waals surface area contributed by atoms with Crippen LogP contribution in [0.3, 0.4) is 0 Å². The Morgan fingerprint density at radius 1 is 1.10 bits per heavy atom. The van der Waals surface area contributed by atoms with Crippen LogP contribution in [0.4, 0.5) is 4.39 Å². The minimum atomic E-state index is -0.568. The van der Waals surface area contributed by atoms with Crippen LogP contribution in [0.2, 0.25) is 0 Å². The zero-order valence-electron chi connectivity index (χ0n) is 11.6. The first kappa shape index (κ1) is 14.5. The van der Waals surface area contributed by atoms with E-state index in [1.807, 2.05) is 18.2 Å². The molecule has 1 atom stereocenters. The van der Waals surface area contributed by atoms with Crippen LogP contribution >= 0.6 is 0 Å². The van der Waals surface area contributed by atoms with E-state index >= 15 is 0 Å². The third-order valence-corrected chi connectivity index (χ3v) is 3.42. The fourth-order valence-corrected chi connectivity index (χ4v) is 2.12. The Balaban J connectivity index is 1.80. The highest BCUT2D eigenvalue weighted by atomic mass is 19.1.